The Bertz CT molecular complexity index is 304. The van der Waals surface area contributed by atoms with Crippen LogP contribution in [0.3, 0.4) is 0 Å². The van der Waals surface area contributed by atoms with Crippen LogP contribution in [0.1, 0.15) is 12.8 Å². The number of nitrogens with two attached hydrogens (primary N) is 2. The van der Waals surface area contributed by atoms with Gasteiger partial charge in [-0.2, -0.15) is 0 Å². The average molecular weight is 348 g/mol. The molecule has 112 valence electrons. The first-order valence-corrected chi connectivity index (χ1v) is 4.44. The molecule has 11 nitrogen and oxygen atoms in total. The molecular formula is C8H14N2O9Zn. The van der Waals surface area contributed by atoms with Gasteiger partial charge in [-0.25, -0.2) is 0 Å². The van der Waals surface area contributed by atoms with Gasteiger partial charge in [0.25, 0.3) is 0 Å². The van der Waals surface area contributed by atoms with Crippen molar-refractivity contribution in [1.82, 2.24) is 0 Å². The zero-order chi connectivity index (χ0) is 14.9. The summed E-state index contributed by atoms with van der Waals surface area (Å²) < 4.78 is 0. The first-order valence-electron chi connectivity index (χ1n) is 4.44. The van der Waals surface area contributed by atoms with Crippen LogP contribution in [0.15, 0.2) is 0 Å². The minimum absolute atomic E-state index is 0. The van der Waals surface area contributed by atoms with E-state index in [2.05, 4.69) is 0 Å². The van der Waals surface area contributed by atoms with Crippen molar-refractivity contribution in [2.24, 2.45) is 11.5 Å². The maximum atomic E-state index is 9.74. The van der Waals surface area contributed by atoms with Crippen molar-refractivity contribution < 1.29 is 64.6 Å². The molecular weight excluding hydrogens is 333 g/mol. The van der Waals surface area contributed by atoms with Crippen molar-refractivity contribution in [3.05, 3.63) is 0 Å². The van der Waals surface area contributed by atoms with Crippen molar-refractivity contribution in [1.29, 1.82) is 0 Å². The van der Waals surface area contributed by atoms with Gasteiger partial charge in [-0.1, -0.05) is 0 Å². The molecule has 0 fully saturated rings. The fraction of sp³-hybridized carbons (Fsp3) is 0.500. The molecule has 8 N–H and O–H groups in total. The van der Waals surface area contributed by atoms with Gasteiger partial charge < -0.3 is 47.0 Å². The summed E-state index contributed by atoms with van der Waals surface area (Å²) in [6, 6.07) is -2.80. The molecule has 0 heterocycles. The molecule has 0 radical (unpaired) electrons. The molecule has 0 unspecified atom stereocenters. The summed E-state index contributed by atoms with van der Waals surface area (Å²) in [5.41, 5.74) is 9.55. The van der Waals surface area contributed by atoms with E-state index < -0.39 is 48.8 Å². The molecule has 0 aliphatic heterocycles. The van der Waals surface area contributed by atoms with E-state index in [1.807, 2.05) is 0 Å². The minimum Gasteiger partial charge on any atom is -0.548 e. The van der Waals surface area contributed by atoms with E-state index in [0.717, 1.165) is 0 Å². The first-order chi connectivity index (χ1) is 8.07. The van der Waals surface area contributed by atoms with Gasteiger partial charge in [-0.15, -0.1) is 0 Å². The summed E-state index contributed by atoms with van der Waals surface area (Å²) in [5, 5.41) is 35.4. The van der Waals surface area contributed by atoms with Crippen LogP contribution in [-0.4, -0.2) is 51.7 Å². The zero-order valence-corrected chi connectivity index (χ0v) is 13.2. The average Bonchev–Trinajstić information content (AvgIpc) is 2.16. The van der Waals surface area contributed by atoms with Crippen LogP contribution in [0.5, 0.6) is 0 Å². The Kier molecular flexibility index (Phi) is 18.5. The smallest absolute Gasteiger partial charge is 0.548 e. The van der Waals surface area contributed by atoms with Crippen LogP contribution >= 0.6 is 0 Å². The number of rotatable bonds is 6. The van der Waals surface area contributed by atoms with E-state index in [0.29, 0.717) is 0 Å². The van der Waals surface area contributed by atoms with Gasteiger partial charge in [-0.3, -0.25) is 9.59 Å². The van der Waals surface area contributed by atoms with Crippen molar-refractivity contribution in [3.63, 3.8) is 0 Å². The fourth-order valence-electron chi connectivity index (χ4n) is 0.543. The molecule has 0 aromatic heterocycles. The second kappa shape index (κ2) is 13.8. The molecule has 0 aliphatic rings. The molecule has 0 rings (SSSR count). The van der Waals surface area contributed by atoms with E-state index in [4.69, 9.17) is 21.7 Å². The molecule has 0 saturated carbocycles. The number of hydrogen-bond donors (Lipinski definition) is 4. The summed E-state index contributed by atoms with van der Waals surface area (Å²) in [7, 11) is 0. The summed E-state index contributed by atoms with van der Waals surface area (Å²) in [6.07, 6.45) is -1.19. The van der Waals surface area contributed by atoms with Crippen LogP contribution in [0.25, 0.3) is 0 Å². The summed E-state index contributed by atoms with van der Waals surface area (Å²) in [6.45, 7) is 0. The van der Waals surface area contributed by atoms with E-state index >= 15 is 0 Å². The Morgan fingerprint density at radius 1 is 0.850 bits per heavy atom. The molecule has 12 heteroatoms. The van der Waals surface area contributed by atoms with Crippen molar-refractivity contribution in [3.8, 4) is 0 Å². The maximum Gasteiger partial charge on any atom is 2.00 e. The monoisotopic (exact) mass is 346 g/mol. The van der Waals surface area contributed by atoms with Crippen LogP contribution < -0.4 is 21.7 Å². The third-order valence-electron chi connectivity index (χ3n) is 1.39. The van der Waals surface area contributed by atoms with E-state index in [9.17, 15) is 29.4 Å². The van der Waals surface area contributed by atoms with Crippen LogP contribution in [0.2, 0.25) is 0 Å². The standard InChI is InChI=1S/2C4H7NO4.H2O.Zn/c2*5-2(4(8)9)1-3(6)7;;/h2*2H,1,5H2,(H,6,7)(H,8,9);1H2;/q;;;+2/p-2/t2*2-;;/m00../s1. The second-order valence-corrected chi connectivity index (χ2v) is 3.05. The van der Waals surface area contributed by atoms with Gasteiger partial charge in [0.1, 0.15) is 0 Å². The number of carbonyl (C=O) groups excluding carboxylic acids is 2. The minimum atomic E-state index is -1.54. The van der Waals surface area contributed by atoms with Gasteiger partial charge in [-0.05, 0) is 0 Å². The Labute approximate surface area is 125 Å². The predicted octanol–water partition coefficient (Wildman–Crippen LogP) is -5.75. The molecule has 0 amide bonds. The normalized spacial score (nSPS) is 11.3. The quantitative estimate of drug-likeness (QED) is 0.331. The maximum absolute atomic E-state index is 9.74. The number of carbonyl (C=O) groups is 4. The molecule has 0 spiro atoms. The number of hydrogen-bond acceptors (Lipinski definition) is 8. The summed E-state index contributed by atoms with van der Waals surface area (Å²) in [5.74, 6) is -5.58. The topological polar surface area (TPSA) is 238 Å². The Balaban J connectivity index is -0.000000116. The van der Waals surface area contributed by atoms with Crippen LogP contribution in [0.4, 0.5) is 0 Å². The summed E-state index contributed by atoms with van der Waals surface area (Å²) >= 11 is 0. The molecule has 0 saturated heterocycles. The van der Waals surface area contributed by atoms with E-state index in [1.165, 1.54) is 0 Å². The van der Waals surface area contributed by atoms with Gasteiger partial charge >= 0.3 is 31.4 Å². The predicted molar refractivity (Wildman–Crippen MR) is 54.1 cm³/mol. The van der Waals surface area contributed by atoms with E-state index in [1.54, 1.807) is 0 Å². The largest absolute Gasteiger partial charge is 2.00 e. The van der Waals surface area contributed by atoms with Crippen LogP contribution in [-0.2, 0) is 38.7 Å². The number of aliphatic carboxylic acids is 4. The van der Waals surface area contributed by atoms with Crippen molar-refractivity contribution in [2.75, 3.05) is 0 Å². The van der Waals surface area contributed by atoms with Gasteiger partial charge in [0.2, 0.25) is 0 Å². The molecule has 0 aromatic rings. The summed E-state index contributed by atoms with van der Waals surface area (Å²) in [4.78, 5) is 39.0. The Morgan fingerprint density at radius 3 is 1.10 bits per heavy atom. The molecule has 2 atom stereocenters. The third kappa shape index (κ3) is 18.7. The van der Waals surface area contributed by atoms with Crippen molar-refractivity contribution >= 4 is 23.9 Å². The van der Waals surface area contributed by atoms with Crippen molar-refractivity contribution in [2.45, 2.75) is 24.9 Å². The van der Waals surface area contributed by atoms with E-state index in [-0.39, 0.29) is 25.0 Å². The SMILES string of the molecule is N[C@@H](CC(=O)O)C(=O)[O-].N[C@@H](CC(=O)O)C(=O)[O-].O.[Zn+2]. The third-order valence-corrected chi connectivity index (χ3v) is 1.39. The first kappa shape index (κ1) is 26.9. The Hall–Kier alpha value is -1.62. The fourth-order valence-corrected chi connectivity index (χ4v) is 0.543. The zero-order valence-electron chi connectivity index (χ0n) is 10.3. The van der Waals surface area contributed by atoms with Gasteiger partial charge in [0.15, 0.2) is 0 Å². The van der Waals surface area contributed by atoms with Gasteiger partial charge in [0.05, 0.1) is 36.9 Å². The number of carboxylic acids is 4. The second-order valence-electron chi connectivity index (χ2n) is 3.05. The van der Waals surface area contributed by atoms with Crippen LogP contribution in [0, 0.1) is 0 Å². The molecule has 0 bridgehead atoms. The van der Waals surface area contributed by atoms with Gasteiger partial charge in [0, 0.05) is 0 Å². The molecule has 20 heavy (non-hydrogen) atoms. The molecule has 0 aromatic carbocycles. The Morgan fingerprint density at radius 2 is 1.05 bits per heavy atom. The number of carboxylic acid groups (broad SMARTS) is 4. The molecule has 0 aliphatic carbocycles.